The summed E-state index contributed by atoms with van der Waals surface area (Å²) in [7, 11) is -0.678. The Balaban J connectivity index is 1.81. The molecule has 15 heavy (non-hydrogen) atoms. The van der Waals surface area contributed by atoms with Gasteiger partial charge in [-0.15, -0.1) is 0 Å². The van der Waals surface area contributed by atoms with Crippen LogP contribution in [0.4, 0.5) is 0 Å². The average Bonchev–Trinajstić information content (AvgIpc) is 2.17. The molecule has 4 heteroatoms. The van der Waals surface area contributed by atoms with Gasteiger partial charge in [-0.05, 0) is 38.8 Å². The first-order valence-corrected chi connectivity index (χ1v) is 7.66. The summed E-state index contributed by atoms with van der Waals surface area (Å²) < 4.78 is 11.1. The van der Waals surface area contributed by atoms with Crippen LogP contribution in [0.25, 0.3) is 0 Å². The third kappa shape index (κ3) is 3.02. The Kier molecular flexibility index (Phi) is 3.80. The molecule has 0 aromatic carbocycles. The van der Waals surface area contributed by atoms with Crippen LogP contribution in [0.2, 0.25) is 0 Å². The van der Waals surface area contributed by atoms with Crippen LogP contribution in [-0.4, -0.2) is 52.8 Å². The van der Waals surface area contributed by atoms with Crippen molar-refractivity contribution in [2.45, 2.75) is 31.8 Å². The van der Waals surface area contributed by atoms with E-state index in [9.17, 15) is 4.21 Å². The van der Waals surface area contributed by atoms with Gasteiger partial charge in [0.25, 0.3) is 0 Å². The highest BCUT2D eigenvalue weighted by molar-refractivity contribution is 7.84. The topological polar surface area (TPSA) is 32.3 Å². The lowest BCUT2D eigenvalue weighted by Crippen LogP contribution is -2.58. The minimum absolute atomic E-state index is 0.390. The summed E-state index contributed by atoms with van der Waals surface area (Å²) in [6, 6.07) is 1.03. The molecule has 0 aromatic heterocycles. The highest BCUT2D eigenvalue weighted by Crippen LogP contribution is 2.27. The van der Waals surface area contributed by atoms with Gasteiger partial charge in [-0.25, -0.2) is 0 Å². The van der Waals surface area contributed by atoms with Crippen LogP contribution in [0, 0.1) is 5.92 Å². The van der Waals surface area contributed by atoms with Gasteiger partial charge >= 0.3 is 0 Å². The van der Waals surface area contributed by atoms with Crippen LogP contribution in [0.15, 0.2) is 0 Å². The maximum atomic E-state index is 11.1. The van der Waals surface area contributed by atoms with Gasteiger partial charge in [0.05, 0.1) is 0 Å². The molecule has 0 aromatic rings. The van der Waals surface area contributed by atoms with Crippen LogP contribution in [-0.2, 0) is 10.8 Å². The fourth-order valence-electron chi connectivity index (χ4n) is 2.92. The van der Waals surface area contributed by atoms with E-state index in [1.54, 1.807) is 6.26 Å². The first-order chi connectivity index (χ1) is 7.15. The Morgan fingerprint density at radius 3 is 2.60 bits per heavy atom. The summed E-state index contributed by atoms with van der Waals surface area (Å²) in [5.74, 6) is 1.64. The van der Waals surface area contributed by atoms with Gasteiger partial charge in [0.2, 0.25) is 0 Å². The van der Waals surface area contributed by atoms with E-state index in [1.807, 2.05) is 0 Å². The van der Waals surface area contributed by atoms with Crippen LogP contribution in [0.3, 0.4) is 0 Å². The first-order valence-electron chi connectivity index (χ1n) is 5.93. The van der Waals surface area contributed by atoms with Gasteiger partial charge in [-0.2, -0.15) is 0 Å². The van der Waals surface area contributed by atoms with Crippen molar-refractivity contribution in [3.63, 3.8) is 0 Å². The highest BCUT2D eigenvalue weighted by atomic mass is 32.2. The van der Waals surface area contributed by atoms with Crippen molar-refractivity contribution in [2.24, 2.45) is 5.92 Å². The molecule has 0 saturated carbocycles. The largest absolute Gasteiger partial charge is 0.309 e. The van der Waals surface area contributed by atoms with Crippen LogP contribution >= 0.6 is 0 Å². The Morgan fingerprint density at radius 1 is 1.47 bits per heavy atom. The molecule has 3 aliphatic heterocycles. The van der Waals surface area contributed by atoms with Crippen LogP contribution in [0.5, 0.6) is 0 Å². The van der Waals surface area contributed by atoms with E-state index in [1.165, 1.54) is 32.5 Å². The van der Waals surface area contributed by atoms with Crippen molar-refractivity contribution >= 4 is 10.8 Å². The fraction of sp³-hybridized carbons (Fsp3) is 1.00. The molecule has 1 N–H and O–H groups in total. The van der Waals surface area contributed by atoms with Gasteiger partial charge in [0, 0.05) is 41.4 Å². The first kappa shape index (κ1) is 11.6. The fourth-order valence-corrected chi connectivity index (χ4v) is 3.72. The molecule has 3 atom stereocenters. The zero-order valence-corrected chi connectivity index (χ0v) is 10.6. The molecular weight excluding hydrogens is 208 g/mol. The third-order valence-electron chi connectivity index (χ3n) is 3.64. The summed E-state index contributed by atoms with van der Waals surface area (Å²) in [5.41, 5.74) is 0. The Hall–Kier alpha value is 0.0700. The lowest BCUT2D eigenvalue weighted by Gasteiger charge is -2.46. The van der Waals surface area contributed by atoms with Gasteiger partial charge in [-0.3, -0.25) is 4.21 Å². The number of hydrogen-bond donors (Lipinski definition) is 1. The van der Waals surface area contributed by atoms with Crippen molar-refractivity contribution in [2.75, 3.05) is 31.6 Å². The number of hydrogen-bond acceptors (Lipinski definition) is 3. The molecule has 3 saturated heterocycles. The quantitative estimate of drug-likeness (QED) is 0.760. The summed E-state index contributed by atoms with van der Waals surface area (Å²) in [6.07, 6.45) is 4.48. The molecule has 88 valence electrons. The van der Waals surface area contributed by atoms with E-state index in [0.717, 1.165) is 11.7 Å². The van der Waals surface area contributed by atoms with Gasteiger partial charge < -0.3 is 10.2 Å². The number of fused-ring (bicyclic) bond motifs is 3. The van der Waals surface area contributed by atoms with Crippen molar-refractivity contribution in [3.05, 3.63) is 0 Å². The van der Waals surface area contributed by atoms with Gasteiger partial charge in [-0.1, -0.05) is 0 Å². The molecule has 2 bridgehead atoms. The Morgan fingerprint density at radius 2 is 2.13 bits per heavy atom. The van der Waals surface area contributed by atoms with Crippen molar-refractivity contribution in [1.82, 2.24) is 10.2 Å². The second-order valence-electron chi connectivity index (χ2n) is 5.05. The highest BCUT2D eigenvalue weighted by Gasteiger charge is 2.34. The number of nitrogens with one attached hydrogen (secondary N) is 1. The molecular formula is C11H22N2OS. The van der Waals surface area contributed by atoms with Crippen LogP contribution in [0.1, 0.15) is 19.8 Å². The number of rotatable bonds is 4. The normalized spacial score (nSPS) is 38.9. The maximum absolute atomic E-state index is 11.1. The van der Waals surface area contributed by atoms with E-state index >= 15 is 0 Å². The van der Waals surface area contributed by atoms with Crippen molar-refractivity contribution < 1.29 is 4.21 Å². The second-order valence-corrected chi connectivity index (χ2v) is 6.53. The molecule has 3 aliphatic rings. The standard InChI is InChI=1S/C11H22N2OS/c1-9(8-15(2)14)12-11-7-13-5-3-10(11)4-6-13/h9-12H,3-8H2,1-2H3. The van der Waals surface area contributed by atoms with Crippen molar-refractivity contribution in [3.8, 4) is 0 Å². The molecule has 0 spiro atoms. The molecule has 3 rings (SSSR count). The molecule has 3 unspecified atom stereocenters. The van der Waals surface area contributed by atoms with E-state index < -0.39 is 10.8 Å². The smallest absolute Gasteiger partial charge is 0.0383 e. The van der Waals surface area contributed by atoms with E-state index in [0.29, 0.717) is 12.1 Å². The summed E-state index contributed by atoms with van der Waals surface area (Å²) in [6.45, 7) is 5.93. The van der Waals surface area contributed by atoms with E-state index in [2.05, 4.69) is 17.1 Å². The summed E-state index contributed by atoms with van der Waals surface area (Å²) >= 11 is 0. The predicted molar refractivity (Wildman–Crippen MR) is 64.5 cm³/mol. The minimum atomic E-state index is -0.678. The molecule has 0 aliphatic carbocycles. The molecule has 0 radical (unpaired) electrons. The zero-order chi connectivity index (χ0) is 10.8. The van der Waals surface area contributed by atoms with Gasteiger partial charge in [0.15, 0.2) is 0 Å². The number of nitrogens with zero attached hydrogens (tertiary/aromatic N) is 1. The molecule has 0 amide bonds. The molecule has 3 fully saturated rings. The SMILES string of the molecule is CC(CS(C)=O)NC1CN2CCC1CC2. The zero-order valence-electron chi connectivity index (χ0n) is 9.74. The van der Waals surface area contributed by atoms with Gasteiger partial charge in [0.1, 0.15) is 0 Å². The molecule has 3 nitrogen and oxygen atoms in total. The van der Waals surface area contributed by atoms with Crippen molar-refractivity contribution in [1.29, 1.82) is 0 Å². The summed E-state index contributed by atoms with van der Waals surface area (Å²) in [4.78, 5) is 2.55. The Bertz CT molecular complexity index is 239. The van der Waals surface area contributed by atoms with Crippen LogP contribution < -0.4 is 5.32 Å². The lowest BCUT2D eigenvalue weighted by molar-refractivity contribution is 0.0693. The van der Waals surface area contributed by atoms with E-state index in [-0.39, 0.29) is 0 Å². The Labute approximate surface area is 95.1 Å². The van der Waals surface area contributed by atoms with E-state index in [4.69, 9.17) is 0 Å². The lowest BCUT2D eigenvalue weighted by atomic mass is 9.84. The summed E-state index contributed by atoms with van der Waals surface area (Å²) in [5, 5.41) is 3.65. The second kappa shape index (κ2) is 4.93. The number of piperidine rings is 3. The monoisotopic (exact) mass is 230 g/mol. The minimum Gasteiger partial charge on any atom is -0.309 e. The third-order valence-corrected chi connectivity index (χ3v) is 4.61. The average molecular weight is 230 g/mol. The molecule has 3 heterocycles. The predicted octanol–water partition coefficient (Wildman–Crippen LogP) is 0.437. The maximum Gasteiger partial charge on any atom is 0.0383 e.